The molecule has 32 heavy (non-hydrogen) atoms. The SMILES string of the molecule is CC(=O)c1ccc(OCC2CN(C(=O)c3cc(C(F)(F)F)cc(Cl)c3F)CCO2)cc1C. The molecule has 3 rings (SSSR count). The van der Waals surface area contributed by atoms with Crippen molar-refractivity contribution < 1.29 is 36.6 Å². The monoisotopic (exact) mass is 473 g/mol. The molecule has 5 nitrogen and oxygen atoms in total. The number of carbonyl (C=O) groups is 2. The lowest BCUT2D eigenvalue weighted by Crippen LogP contribution is -2.47. The van der Waals surface area contributed by atoms with E-state index in [0.29, 0.717) is 23.4 Å². The van der Waals surface area contributed by atoms with Gasteiger partial charge in [-0.2, -0.15) is 13.2 Å². The van der Waals surface area contributed by atoms with E-state index in [9.17, 15) is 27.2 Å². The van der Waals surface area contributed by atoms with Gasteiger partial charge in [0.05, 0.1) is 29.3 Å². The van der Waals surface area contributed by atoms with E-state index in [1.807, 2.05) is 0 Å². The molecule has 2 aromatic carbocycles. The topological polar surface area (TPSA) is 55.8 Å². The summed E-state index contributed by atoms with van der Waals surface area (Å²) in [6.45, 7) is 3.47. The van der Waals surface area contributed by atoms with Crippen molar-refractivity contribution in [2.24, 2.45) is 0 Å². The van der Waals surface area contributed by atoms with Crippen LogP contribution in [-0.4, -0.2) is 49.0 Å². The van der Waals surface area contributed by atoms with Crippen molar-refractivity contribution in [3.8, 4) is 5.75 Å². The molecule has 10 heteroatoms. The first-order chi connectivity index (χ1) is 15.0. The molecule has 2 aromatic rings. The number of hydrogen-bond donors (Lipinski definition) is 0. The van der Waals surface area contributed by atoms with Gasteiger partial charge in [0, 0.05) is 12.1 Å². The van der Waals surface area contributed by atoms with Crippen molar-refractivity contribution in [2.75, 3.05) is 26.3 Å². The molecule has 0 bridgehead atoms. The third-order valence-corrected chi connectivity index (χ3v) is 5.30. The number of ether oxygens (including phenoxy) is 2. The minimum absolute atomic E-state index is 0.00332. The van der Waals surface area contributed by atoms with Gasteiger partial charge in [0.2, 0.25) is 0 Å². The summed E-state index contributed by atoms with van der Waals surface area (Å²) in [4.78, 5) is 25.5. The van der Waals surface area contributed by atoms with Gasteiger partial charge < -0.3 is 14.4 Å². The van der Waals surface area contributed by atoms with E-state index in [-0.39, 0.29) is 32.1 Å². The lowest BCUT2D eigenvalue weighted by molar-refractivity contribution is -0.137. The molecule has 0 N–H and O–H groups in total. The van der Waals surface area contributed by atoms with E-state index in [4.69, 9.17) is 21.1 Å². The van der Waals surface area contributed by atoms with Gasteiger partial charge in [0.25, 0.3) is 5.91 Å². The molecule has 1 amide bonds. The molecular formula is C22H20ClF4NO4. The maximum atomic E-state index is 14.3. The molecule has 1 saturated heterocycles. The minimum atomic E-state index is -4.77. The van der Waals surface area contributed by atoms with Crippen LogP contribution in [-0.2, 0) is 10.9 Å². The Morgan fingerprint density at radius 3 is 2.56 bits per heavy atom. The van der Waals surface area contributed by atoms with Crippen molar-refractivity contribution in [3.63, 3.8) is 0 Å². The number of nitrogens with zero attached hydrogens (tertiary/aromatic N) is 1. The highest BCUT2D eigenvalue weighted by atomic mass is 35.5. The lowest BCUT2D eigenvalue weighted by Gasteiger charge is -2.33. The normalized spacial score (nSPS) is 16.7. The molecule has 0 aliphatic carbocycles. The van der Waals surface area contributed by atoms with Gasteiger partial charge in [-0.3, -0.25) is 9.59 Å². The molecule has 1 heterocycles. The largest absolute Gasteiger partial charge is 0.491 e. The Bertz CT molecular complexity index is 1040. The number of amides is 1. The number of aryl methyl sites for hydroxylation is 1. The number of benzene rings is 2. The fraction of sp³-hybridized carbons (Fsp3) is 0.364. The number of morpholine rings is 1. The highest BCUT2D eigenvalue weighted by Crippen LogP contribution is 2.34. The second-order valence-electron chi connectivity index (χ2n) is 7.41. The van der Waals surface area contributed by atoms with E-state index in [1.165, 1.54) is 11.8 Å². The predicted octanol–water partition coefficient (Wildman–Crippen LogP) is 4.93. The fourth-order valence-electron chi connectivity index (χ4n) is 3.39. The average Bonchev–Trinajstić information content (AvgIpc) is 2.73. The van der Waals surface area contributed by atoms with Gasteiger partial charge in [-0.25, -0.2) is 4.39 Å². The summed E-state index contributed by atoms with van der Waals surface area (Å²) in [5, 5.41) is -0.777. The zero-order valence-electron chi connectivity index (χ0n) is 17.3. The molecule has 0 spiro atoms. The van der Waals surface area contributed by atoms with E-state index < -0.39 is 40.2 Å². The predicted molar refractivity (Wildman–Crippen MR) is 109 cm³/mol. The third-order valence-electron chi connectivity index (χ3n) is 5.03. The fourth-order valence-corrected chi connectivity index (χ4v) is 3.61. The summed E-state index contributed by atoms with van der Waals surface area (Å²) in [6.07, 6.45) is -5.35. The van der Waals surface area contributed by atoms with E-state index in [1.54, 1.807) is 25.1 Å². The molecule has 1 aliphatic heterocycles. The number of halogens is 5. The molecule has 0 radical (unpaired) electrons. The summed E-state index contributed by atoms with van der Waals surface area (Å²) in [5.74, 6) is -1.69. The first-order valence-corrected chi connectivity index (χ1v) is 10.1. The van der Waals surface area contributed by atoms with Crippen LogP contribution in [0.3, 0.4) is 0 Å². The number of Topliss-reactive ketones (excluding diaryl/α,β-unsaturated/α-hetero) is 1. The van der Waals surface area contributed by atoms with Crippen molar-refractivity contribution in [1.82, 2.24) is 4.90 Å². The summed E-state index contributed by atoms with van der Waals surface area (Å²) in [7, 11) is 0. The second-order valence-corrected chi connectivity index (χ2v) is 7.81. The maximum absolute atomic E-state index is 14.3. The number of rotatable bonds is 5. The first-order valence-electron chi connectivity index (χ1n) is 9.69. The zero-order chi connectivity index (χ0) is 23.6. The second kappa shape index (κ2) is 9.46. The van der Waals surface area contributed by atoms with E-state index in [2.05, 4.69) is 0 Å². The van der Waals surface area contributed by atoms with Gasteiger partial charge in [0.15, 0.2) is 11.6 Å². The van der Waals surface area contributed by atoms with Crippen LogP contribution in [0, 0.1) is 12.7 Å². The summed E-state index contributed by atoms with van der Waals surface area (Å²) < 4.78 is 64.7. The summed E-state index contributed by atoms with van der Waals surface area (Å²) >= 11 is 5.59. The van der Waals surface area contributed by atoms with Crippen LogP contribution >= 0.6 is 11.6 Å². The molecule has 1 unspecified atom stereocenters. The highest BCUT2D eigenvalue weighted by molar-refractivity contribution is 6.31. The molecule has 0 saturated carbocycles. The van der Waals surface area contributed by atoms with E-state index in [0.717, 1.165) is 5.56 Å². The van der Waals surface area contributed by atoms with Gasteiger partial charge >= 0.3 is 6.18 Å². The van der Waals surface area contributed by atoms with Crippen LogP contribution in [0.15, 0.2) is 30.3 Å². The summed E-state index contributed by atoms with van der Waals surface area (Å²) in [6, 6.07) is 5.88. The third kappa shape index (κ3) is 5.39. The minimum Gasteiger partial charge on any atom is -0.491 e. The maximum Gasteiger partial charge on any atom is 0.416 e. The Kier molecular flexibility index (Phi) is 7.09. The summed E-state index contributed by atoms with van der Waals surface area (Å²) in [5.41, 5.74) is -0.635. The molecule has 1 atom stereocenters. The Morgan fingerprint density at radius 2 is 1.94 bits per heavy atom. The molecule has 1 aliphatic rings. The van der Waals surface area contributed by atoms with Crippen LogP contribution in [0.25, 0.3) is 0 Å². The zero-order valence-corrected chi connectivity index (χ0v) is 18.0. The van der Waals surface area contributed by atoms with E-state index >= 15 is 0 Å². The quantitative estimate of drug-likeness (QED) is 0.456. The molecule has 172 valence electrons. The van der Waals surface area contributed by atoms with Crippen molar-refractivity contribution in [2.45, 2.75) is 26.1 Å². The van der Waals surface area contributed by atoms with Gasteiger partial charge in [-0.1, -0.05) is 11.6 Å². The van der Waals surface area contributed by atoms with Crippen molar-refractivity contribution in [3.05, 3.63) is 63.4 Å². The van der Waals surface area contributed by atoms with Gasteiger partial charge in [-0.05, 0) is 49.7 Å². The Hall–Kier alpha value is -2.65. The standard InChI is InChI=1S/C22H20ClF4NO4/c1-12-7-15(3-4-17(12)13(2)29)32-11-16-10-28(5-6-31-16)21(30)18-8-14(22(25,26)27)9-19(23)20(18)24/h3-4,7-9,16H,5-6,10-11H2,1-2H3. The smallest absolute Gasteiger partial charge is 0.416 e. The van der Waals surface area contributed by atoms with Crippen LogP contribution in [0.4, 0.5) is 17.6 Å². The van der Waals surface area contributed by atoms with Crippen molar-refractivity contribution >= 4 is 23.3 Å². The van der Waals surface area contributed by atoms with Gasteiger partial charge in [0.1, 0.15) is 18.5 Å². The molecular weight excluding hydrogens is 454 g/mol. The first kappa shape index (κ1) is 24.0. The van der Waals surface area contributed by atoms with Crippen molar-refractivity contribution in [1.29, 1.82) is 0 Å². The number of carbonyl (C=O) groups excluding carboxylic acids is 2. The Labute approximate surface area is 186 Å². The van der Waals surface area contributed by atoms with Crippen LogP contribution in [0.1, 0.15) is 38.8 Å². The van der Waals surface area contributed by atoms with Crippen LogP contribution < -0.4 is 4.74 Å². The molecule has 0 aromatic heterocycles. The lowest BCUT2D eigenvalue weighted by atomic mass is 10.1. The number of ketones is 1. The average molecular weight is 474 g/mol. The number of alkyl halides is 3. The van der Waals surface area contributed by atoms with Gasteiger partial charge in [-0.15, -0.1) is 0 Å². The Morgan fingerprint density at radius 1 is 1.22 bits per heavy atom. The van der Waals surface area contributed by atoms with Crippen LogP contribution in [0.5, 0.6) is 5.75 Å². The Balaban J connectivity index is 1.70. The number of hydrogen-bond acceptors (Lipinski definition) is 4. The highest BCUT2D eigenvalue weighted by Gasteiger charge is 2.35. The molecule has 1 fully saturated rings. The van der Waals surface area contributed by atoms with Crippen LogP contribution in [0.2, 0.25) is 5.02 Å².